The van der Waals surface area contributed by atoms with Gasteiger partial charge in [-0.25, -0.2) is 0 Å². The molecule has 0 aromatic heterocycles. The number of carbonyl (C=O) groups excluding carboxylic acids is 1. The number of nitrogens with zero attached hydrogens (tertiary/aromatic N) is 2. The van der Waals surface area contributed by atoms with Crippen LogP contribution in [-0.4, -0.2) is 54.7 Å². The van der Waals surface area contributed by atoms with Crippen LogP contribution in [0.3, 0.4) is 0 Å². The van der Waals surface area contributed by atoms with E-state index in [1.807, 2.05) is 29.8 Å². The standard InChI is InChI=1S/C25H32N4OS/c1-26-24(28-19-25(13-14-25)31-22-10-6-3-7-11-22)27-17-21-16-23(30)29(18-21)15-12-20-8-4-2-5-9-20/h2-11,21H,12-19H2,1H3,(H2,26,27,28). The summed E-state index contributed by atoms with van der Waals surface area (Å²) >= 11 is 1.96. The highest BCUT2D eigenvalue weighted by Crippen LogP contribution is 2.51. The lowest BCUT2D eigenvalue weighted by molar-refractivity contribution is -0.127. The van der Waals surface area contributed by atoms with Crippen LogP contribution in [0.15, 0.2) is 70.6 Å². The van der Waals surface area contributed by atoms with Crippen molar-refractivity contribution in [2.24, 2.45) is 10.9 Å². The van der Waals surface area contributed by atoms with Gasteiger partial charge in [0.05, 0.1) is 0 Å². The number of guanidine groups is 1. The number of hydrogen-bond donors (Lipinski definition) is 2. The number of thioether (sulfide) groups is 1. The van der Waals surface area contributed by atoms with Gasteiger partial charge in [-0.05, 0) is 37.0 Å². The van der Waals surface area contributed by atoms with E-state index in [1.54, 1.807) is 0 Å². The maximum Gasteiger partial charge on any atom is 0.223 e. The maximum atomic E-state index is 12.4. The number of carbonyl (C=O) groups is 1. The molecular weight excluding hydrogens is 404 g/mol. The predicted molar refractivity (Wildman–Crippen MR) is 128 cm³/mol. The van der Waals surface area contributed by atoms with Gasteiger partial charge in [0, 0.05) is 55.2 Å². The Morgan fingerprint density at radius 2 is 1.81 bits per heavy atom. The Kier molecular flexibility index (Phi) is 7.17. The van der Waals surface area contributed by atoms with E-state index in [9.17, 15) is 4.79 Å². The SMILES string of the molecule is CN=C(NCC1CC(=O)N(CCc2ccccc2)C1)NCC1(Sc2ccccc2)CC1. The highest BCUT2D eigenvalue weighted by molar-refractivity contribution is 8.01. The maximum absolute atomic E-state index is 12.4. The molecule has 1 saturated heterocycles. The number of hydrogen-bond acceptors (Lipinski definition) is 3. The number of benzene rings is 2. The van der Waals surface area contributed by atoms with Gasteiger partial charge in [0.25, 0.3) is 0 Å². The highest BCUT2D eigenvalue weighted by Gasteiger charge is 2.43. The Bertz CT molecular complexity index is 883. The zero-order chi connectivity index (χ0) is 21.5. The van der Waals surface area contributed by atoms with Gasteiger partial charge < -0.3 is 15.5 Å². The second kappa shape index (κ2) is 10.2. The number of aliphatic imine (C=N–C) groups is 1. The normalized spacial score (nSPS) is 20.0. The Morgan fingerprint density at radius 1 is 1.10 bits per heavy atom. The van der Waals surface area contributed by atoms with Crippen molar-refractivity contribution >= 4 is 23.6 Å². The van der Waals surface area contributed by atoms with Crippen molar-refractivity contribution in [1.82, 2.24) is 15.5 Å². The fourth-order valence-electron chi connectivity index (χ4n) is 4.01. The zero-order valence-electron chi connectivity index (χ0n) is 18.2. The molecule has 0 spiro atoms. The molecule has 1 atom stereocenters. The molecular formula is C25H32N4OS. The van der Waals surface area contributed by atoms with Crippen molar-refractivity contribution in [3.63, 3.8) is 0 Å². The highest BCUT2D eigenvalue weighted by atomic mass is 32.2. The van der Waals surface area contributed by atoms with Crippen molar-refractivity contribution in [3.8, 4) is 0 Å². The summed E-state index contributed by atoms with van der Waals surface area (Å²) in [6, 6.07) is 21.0. The van der Waals surface area contributed by atoms with Crippen LogP contribution in [0.2, 0.25) is 0 Å². The second-order valence-electron chi connectivity index (χ2n) is 8.55. The van der Waals surface area contributed by atoms with Crippen LogP contribution in [0.4, 0.5) is 0 Å². The van der Waals surface area contributed by atoms with Gasteiger partial charge in [0.15, 0.2) is 5.96 Å². The van der Waals surface area contributed by atoms with Gasteiger partial charge in [-0.2, -0.15) is 0 Å². The zero-order valence-corrected chi connectivity index (χ0v) is 19.0. The van der Waals surface area contributed by atoms with E-state index in [-0.39, 0.29) is 10.7 Å². The van der Waals surface area contributed by atoms with Crippen LogP contribution in [-0.2, 0) is 11.2 Å². The van der Waals surface area contributed by atoms with Gasteiger partial charge in [-0.1, -0.05) is 48.5 Å². The average Bonchev–Trinajstić information content (AvgIpc) is 3.47. The molecule has 1 aliphatic heterocycles. The minimum atomic E-state index is 0.266. The first kappa shape index (κ1) is 21.8. The first-order valence-electron chi connectivity index (χ1n) is 11.2. The van der Waals surface area contributed by atoms with Crippen LogP contribution >= 0.6 is 11.8 Å². The molecule has 1 amide bonds. The minimum Gasteiger partial charge on any atom is -0.356 e. The van der Waals surface area contributed by atoms with Crippen LogP contribution in [0, 0.1) is 5.92 Å². The molecule has 2 N–H and O–H groups in total. The van der Waals surface area contributed by atoms with Crippen molar-refractivity contribution < 1.29 is 4.79 Å². The fourth-order valence-corrected chi connectivity index (χ4v) is 5.26. The smallest absolute Gasteiger partial charge is 0.223 e. The summed E-state index contributed by atoms with van der Waals surface area (Å²) in [4.78, 5) is 20.1. The van der Waals surface area contributed by atoms with Gasteiger partial charge in [0.1, 0.15) is 0 Å². The van der Waals surface area contributed by atoms with E-state index in [2.05, 4.69) is 70.2 Å². The third-order valence-electron chi connectivity index (χ3n) is 6.05. The van der Waals surface area contributed by atoms with Crippen molar-refractivity contribution in [1.29, 1.82) is 0 Å². The molecule has 2 aromatic rings. The van der Waals surface area contributed by atoms with E-state index in [4.69, 9.17) is 0 Å². The lowest BCUT2D eigenvalue weighted by Crippen LogP contribution is -2.43. The molecule has 164 valence electrons. The quantitative estimate of drug-likeness (QED) is 0.466. The topological polar surface area (TPSA) is 56.7 Å². The minimum absolute atomic E-state index is 0.266. The largest absolute Gasteiger partial charge is 0.356 e. The van der Waals surface area contributed by atoms with Crippen molar-refractivity contribution in [2.75, 3.05) is 33.2 Å². The lowest BCUT2D eigenvalue weighted by Gasteiger charge is -2.20. The van der Waals surface area contributed by atoms with Gasteiger partial charge in [-0.15, -0.1) is 11.8 Å². The van der Waals surface area contributed by atoms with Crippen LogP contribution in [0.25, 0.3) is 0 Å². The van der Waals surface area contributed by atoms with E-state index in [0.717, 1.165) is 38.6 Å². The predicted octanol–water partition coefficient (Wildman–Crippen LogP) is 3.57. The summed E-state index contributed by atoms with van der Waals surface area (Å²) in [5.41, 5.74) is 1.28. The Hall–Kier alpha value is -2.47. The fraction of sp³-hybridized carbons (Fsp3) is 0.440. The molecule has 1 heterocycles. The van der Waals surface area contributed by atoms with Crippen LogP contribution < -0.4 is 10.6 Å². The molecule has 2 fully saturated rings. The van der Waals surface area contributed by atoms with Gasteiger partial charge in [0.2, 0.25) is 5.91 Å². The van der Waals surface area contributed by atoms with Crippen molar-refractivity contribution in [3.05, 3.63) is 66.2 Å². The molecule has 6 heteroatoms. The van der Waals surface area contributed by atoms with E-state index in [0.29, 0.717) is 12.3 Å². The molecule has 2 aliphatic rings. The van der Waals surface area contributed by atoms with Crippen LogP contribution in [0.5, 0.6) is 0 Å². The molecule has 1 unspecified atom stereocenters. The molecule has 1 saturated carbocycles. The number of rotatable bonds is 9. The second-order valence-corrected chi connectivity index (χ2v) is 10.1. The third kappa shape index (κ3) is 6.26. The Balaban J connectivity index is 1.19. The van der Waals surface area contributed by atoms with Crippen molar-refractivity contribution in [2.45, 2.75) is 35.3 Å². The molecule has 1 aliphatic carbocycles. The van der Waals surface area contributed by atoms with E-state index < -0.39 is 0 Å². The monoisotopic (exact) mass is 436 g/mol. The summed E-state index contributed by atoms with van der Waals surface area (Å²) < 4.78 is 0.274. The summed E-state index contributed by atoms with van der Waals surface area (Å²) in [7, 11) is 1.81. The first-order chi connectivity index (χ1) is 15.2. The Labute approximate surface area is 189 Å². The van der Waals surface area contributed by atoms with Gasteiger partial charge >= 0.3 is 0 Å². The average molecular weight is 437 g/mol. The molecule has 0 bridgehead atoms. The summed E-state index contributed by atoms with van der Waals surface area (Å²) in [5.74, 6) is 1.42. The summed E-state index contributed by atoms with van der Waals surface area (Å²) in [5, 5.41) is 6.95. The van der Waals surface area contributed by atoms with Crippen LogP contribution in [0.1, 0.15) is 24.8 Å². The van der Waals surface area contributed by atoms with Gasteiger partial charge in [-0.3, -0.25) is 9.79 Å². The lowest BCUT2D eigenvalue weighted by atomic mass is 10.1. The van der Waals surface area contributed by atoms with E-state index >= 15 is 0 Å². The molecule has 5 nitrogen and oxygen atoms in total. The van der Waals surface area contributed by atoms with E-state index in [1.165, 1.54) is 23.3 Å². The third-order valence-corrected chi connectivity index (χ3v) is 7.55. The summed E-state index contributed by atoms with van der Waals surface area (Å²) in [6.45, 7) is 3.29. The molecule has 31 heavy (non-hydrogen) atoms. The Morgan fingerprint density at radius 3 is 2.48 bits per heavy atom. The molecule has 2 aromatic carbocycles. The molecule has 4 rings (SSSR count). The number of nitrogens with one attached hydrogen (secondary N) is 2. The number of amides is 1. The first-order valence-corrected chi connectivity index (χ1v) is 12.0. The number of likely N-dealkylation sites (tertiary alicyclic amines) is 1. The molecule has 0 radical (unpaired) electrons. The summed E-state index contributed by atoms with van der Waals surface area (Å²) in [6.07, 6.45) is 3.98.